The number of anilines is 1. The summed E-state index contributed by atoms with van der Waals surface area (Å²) >= 11 is 0. The number of aromatic nitrogens is 3. The number of benzene rings is 1. The van der Waals surface area contributed by atoms with Crippen molar-refractivity contribution in [1.82, 2.24) is 14.5 Å². The van der Waals surface area contributed by atoms with Crippen molar-refractivity contribution in [2.24, 2.45) is 0 Å². The van der Waals surface area contributed by atoms with E-state index in [0.29, 0.717) is 17.0 Å². The number of hydrogen-bond acceptors (Lipinski definition) is 5. The Kier molecular flexibility index (Phi) is 4.38. The van der Waals surface area contributed by atoms with Crippen molar-refractivity contribution in [3.63, 3.8) is 0 Å². The molecule has 132 valence electrons. The number of methoxy groups -OCH3 is 1. The van der Waals surface area contributed by atoms with E-state index in [-0.39, 0.29) is 0 Å². The van der Waals surface area contributed by atoms with E-state index in [4.69, 9.17) is 4.74 Å². The minimum Gasteiger partial charge on any atom is -0.495 e. The van der Waals surface area contributed by atoms with Crippen molar-refractivity contribution in [2.45, 2.75) is 20.4 Å². The van der Waals surface area contributed by atoms with Crippen molar-refractivity contribution in [3.8, 4) is 17.1 Å². The summed E-state index contributed by atoms with van der Waals surface area (Å²) < 4.78 is 33.0. The SMILES string of the molecule is CCn1cnc(-c2cc(C)c3cc(OC)c(NS(C)(=O)=O)cc3n2)c1. The van der Waals surface area contributed by atoms with Gasteiger partial charge in [-0.1, -0.05) is 0 Å². The van der Waals surface area contributed by atoms with Gasteiger partial charge >= 0.3 is 0 Å². The van der Waals surface area contributed by atoms with E-state index in [1.807, 2.05) is 30.7 Å². The third kappa shape index (κ3) is 3.58. The summed E-state index contributed by atoms with van der Waals surface area (Å²) in [5, 5.41) is 0.898. The lowest BCUT2D eigenvalue weighted by atomic mass is 10.1. The number of imidazole rings is 1. The zero-order valence-electron chi connectivity index (χ0n) is 14.6. The number of sulfonamides is 1. The Labute approximate surface area is 146 Å². The van der Waals surface area contributed by atoms with Gasteiger partial charge in [-0.2, -0.15) is 0 Å². The van der Waals surface area contributed by atoms with Gasteiger partial charge in [0.25, 0.3) is 0 Å². The maximum Gasteiger partial charge on any atom is 0.229 e. The normalized spacial score (nSPS) is 11.7. The van der Waals surface area contributed by atoms with E-state index >= 15 is 0 Å². The monoisotopic (exact) mass is 360 g/mol. The molecule has 0 saturated heterocycles. The summed E-state index contributed by atoms with van der Waals surface area (Å²) in [5.74, 6) is 0.450. The van der Waals surface area contributed by atoms with E-state index in [0.717, 1.165) is 35.1 Å². The quantitative estimate of drug-likeness (QED) is 0.756. The largest absolute Gasteiger partial charge is 0.495 e. The van der Waals surface area contributed by atoms with Gasteiger partial charge in [-0.3, -0.25) is 4.72 Å². The fourth-order valence-electron chi connectivity index (χ4n) is 2.67. The van der Waals surface area contributed by atoms with Crippen LogP contribution in [0.1, 0.15) is 12.5 Å². The first-order valence-corrected chi connectivity index (χ1v) is 9.69. The first kappa shape index (κ1) is 17.2. The Morgan fingerprint density at radius 2 is 2.00 bits per heavy atom. The summed E-state index contributed by atoms with van der Waals surface area (Å²) in [5.41, 5.74) is 3.57. The van der Waals surface area contributed by atoms with Crippen LogP contribution in [0.2, 0.25) is 0 Å². The fourth-order valence-corrected chi connectivity index (χ4v) is 3.23. The lowest BCUT2D eigenvalue weighted by Crippen LogP contribution is -2.10. The average Bonchev–Trinajstić information content (AvgIpc) is 3.01. The molecule has 3 aromatic rings. The molecular formula is C17H20N4O3S. The number of aryl methyl sites for hydroxylation is 2. The summed E-state index contributed by atoms with van der Waals surface area (Å²) in [6, 6.07) is 5.44. The Hall–Kier alpha value is -2.61. The summed E-state index contributed by atoms with van der Waals surface area (Å²) in [4.78, 5) is 9.04. The molecule has 1 aromatic carbocycles. The van der Waals surface area contributed by atoms with Gasteiger partial charge in [0.15, 0.2) is 0 Å². The topological polar surface area (TPSA) is 86.1 Å². The molecule has 0 aliphatic heterocycles. The predicted molar refractivity (Wildman–Crippen MR) is 98.4 cm³/mol. The molecule has 3 rings (SSSR count). The number of fused-ring (bicyclic) bond motifs is 1. The molecule has 0 bridgehead atoms. The van der Waals surface area contributed by atoms with E-state index < -0.39 is 10.0 Å². The van der Waals surface area contributed by atoms with Crippen LogP contribution in [0.25, 0.3) is 22.3 Å². The number of nitrogens with zero attached hydrogens (tertiary/aromatic N) is 3. The van der Waals surface area contributed by atoms with Crippen molar-refractivity contribution in [3.05, 3.63) is 36.3 Å². The van der Waals surface area contributed by atoms with Gasteiger partial charge in [-0.05, 0) is 37.6 Å². The van der Waals surface area contributed by atoms with Crippen LogP contribution in [0.3, 0.4) is 0 Å². The number of nitrogens with one attached hydrogen (secondary N) is 1. The standard InChI is InChI=1S/C17H20N4O3S/c1-5-21-9-16(18-10-21)14-6-11(2)12-7-17(24-3)15(8-13(12)19-14)20-25(4,22)23/h6-10,20H,5H2,1-4H3. The minimum absolute atomic E-state index is 0.362. The number of hydrogen-bond donors (Lipinski definition) is 1. The number of rotatable bonds is 5. The van der Waals surface area contributed by atoms with Crippen molar-refractivity contribution < 1.29 is 13.2 Å². The van der Waals surface area contributed by atoms with Crippen molar-refractivity contribution in [2.75, 3.05) is 18.1 Å². The van der Waals surface area contributed by atoms with E-state index in [1.165, 1.54) is 7.11 Å². The molecule has 0 amide bonds. The highest BCUT2D eigenvalue weighted by Crippen LogP contribution is 2.33. The third-order valence-corrected chi connectivity index (χ3v) is 4.48. The second-order valence-electron chi connectivity index (χ2n) is 5.86. The minimum atomic E-state index is -3.42. The molecule has 2 aromatic heterocycles. The highest BCUT2D eigenvalue weighted by molar-refractivity contribution is 7.92. The maximum absolute atomic E-state index is 11.6. The molecule has 0 aliphatic rings. The first-order chi connectivity index (χ1) is 11.8. The van der Waals surface area contributed by atoms with E-state index in [1.54, 1.807) is 18.5 Å². The lowest BCUT2D eigenvalue weighted by Gasteiger charge is -2.13. The zero-order valence-corrected chi connectivity index (χ0v) is 15.4. The van der Waals surface area contributed by atoms with Gasteiger partial charge in [0.1, 0.15) is 11.4 Å². The van der Waals surface area contributed by atoms with Gasteiger partial charge in [0.05, 0.1) is 36.6 Å². The molecule has 0 unspecified atom stereocenters. The molecule has 0 spiro atoms. The average molecular weight is 360 g/mol. The fraction of sp³-hybridized carbons (Fsp3) is 0.294. The summed E-state index contributed by atoms with van der Waals surface area (Å²) in [6.07, 6.45) is 4.80. The maximum atomic E-state index is 11.6. The van der Waals surface area contributed by atoms with Crippen LogP contribution in [0.15, 0.2) is 30.7 Å². The van der Waals surface area contributed by atoms with Crippen LogP contribution >= 0.6 is 0 Å². The van der Waals surface area contributed by atoms with Crippen LogP contribution in [0, 0.1) is 6.92 Å². The Morgan fingerprint density at radius 3 is 2.60 bits per heavy atom. The van der Waals surface area contributed by atoms with Gasteiger partial charge in [0, 0.05) is 18.1 Å². The molecule has 8 heteroatoms. The Bertz CT molecular complexity index is 1040. The highest BCUT2D eigenvalue weighted by atomic mass is 32.2. The molecule has 1 N–H and O–H groups in total. The Balaban J connectivity index is 2.18. The smallest absolute Gasteiger partial charge is 0.229 e. The van der Waals surface area contributed by atoms with Crippen LogP contribution in [-0.4, -0.2) is 36.3 Å². The van der Waals surface area contributed by atoms with Gasteiger partial charge < -0.3 is 9.30 Å². The number of pyridine rings is 1. The molecular weight excluding hydrogens is 340 g/mol. The molecule has 0 aliphatic carbocycles. The molecule has 0 radical (unpaired) electrons. The first-order valence-electron chi connectivity index (χ1n) is 7.80. The van der Waals surface area contributed by atoms with Gasteiger partial charge in [0.2, 0.25) is 10.0 Å². The van der Waals surface area contributed by atoms with Crippen LogP contribution in [0.5, 0.6) is 5.75 Å². The van der Waals surface area contributed by atoms with E-state index in [2.05, 4.69) is 14.7 Å². The van der Waals surface area contributed by atoms with Crippen LogP contribution in [0.4, 0.5) is 5.69 Å². The molecule has 0 atom stereocenters. The van der Waals surface area contributed by atoms with Crippen LogP contribution in [-0.2, 0) is 16.6 Å². The molecule has 7 nitrogen and oxygen atoms in total. The summed E-state index contributed by atoms with van der Waals surface area (Å²) in [7, 11) is -1.92. The van der Waals surface area contributed by atoms with Gasteiger partial charge in [-0.25, -0.2) is 18.4 Å². The van der Waals surface area contributed by atoms with E-state index in [9.17, 15) is 8.42 Å². The molecule has 2 heterocycles. The number of ether oxygens (including phenoxy) is 1. The van der Waals surface area contributed by atoms with Crippen molar-refractivity contribution >= 4 is 26.6 Å². The Morgan fingerprint density at radius 1 is 1.24 bits per heavy atom. The lowest BCUT2D eigenvalue weighted by molar-refractivity contribution is 0.417. The zero-order chi connectivity index (χ0) is 18.2. The van der Waals surface area contributed by atoms with Crippen LogP contribution < -0.4 is 9.46 Å². The second kappa shape index (κ2) is 6.36. The third-order valence-electron chi connectivity index (χ3n) is 3.89. The summed E-state index contributed by atoms with van der Waals surface area (Å²) in [6.45, 7) is 4.85. The van der Waals surface area contributed by atoms with Gasteiger partial charge in [-0.15, -0.1) is 0 Å². The molecule has 0 fully saturated rings. The predicted octanol–water partition coefficient (Wildman–Crippen LogP) is 2.81. The van der Waals surface area contributed by atoms with Crippen molar-refractivity contribution in [1.29, 1.82) is 0 Å². The highest BCUT2D eigenvalue weighted by Gasteiger charge is 2.14. The second-order valence-corrected chi connectivity index (χ2v) is 7.61. The molecule has 25 heavy (non-hydrogen) atoms. The molecule has 0 saturated carbocycles.